The minimum Gasteiger partial charge on any atom is -0.327 e. The van der Waals surface area contributed by atoms with Crippen LogP contribution >= 0.6 is 35.0 Å². The summed E-state index contributed by atoms with van der Waals surface area (Å²) in [5.41, 5.74) is -0.824. The summed E-state index contributed by atoms with van der Waals surface area (Å²) in [6, 6.07) is 7.20. The number of hydrogen-bond donors (Lipinski definition) is 0. The van der Waals surface area contributed by atoms with Gasteiger partial charge in [0.05, 0.1) is 16.8 Å². The van der Waals surface area contributed by atoms with Gasteiger partial charge in [-0.15, -0.1) is 11.8 Å². The fraction of sp³-hybridized carbons (Fsp3) is 0.385. The monoisotopic (exact) mass is 316 g/mol. The van der Waals surface area contributed by atoms with Crippen molar-refractivity contribution < 1.29 is 4.79 Å². The van der Waals surface area contributed by atoms with Crippen LogP contribution in [-0.2, 0) is 4.79 Å². The standard InChI is InChI=1S/C13H14Cl2N2OS/c1-13(2,8-16)17(3)12(18)7-19-11-6-9(14)4-5-10(11)15/h4-6H,7H2,1-3H3. The number of halogens is 2. The van der Waals surface area contributed by atoms with Crippen molar-refractivity contribution in [1.82, 2.24) is 4.90 Å². The summed E-state index contributed by atoms with van der Waals surface area (Å²) in [6.45, 7) is 3.39. The van der Waals surface area contributed by atoms with E-state index in [1.807, 2.05) is 0 Å². The molecule has 19 heavy (non-hydrogen) atoms. The van der Waals surface area contributed by atoms with Crippen molar-refractivity contribution in [1.29, 1.82) is 5.26 Å². The van der Waals surface area contributed by atoms with E-state index >= 15 is 0 Å². The SMILES string of the molecule is CN(C(=O)CSc1cc(Cl)ccc1Cl)C(C)(C)C#N. The van der Waals surface area contributed by atoms with Crippen molar-refractivity contribution in [3.63, 3.8) is 0 Å². The Morgan fingerprint density at radius 2 is 2.11 bits per heavy atom. The van der Waals surface area contributed by atoms with Crippen LogP contribution < -0.4 is 0 Å². The summed E-state index contributed by atoms with van der Waals surface area (Å²) in [5, 5.41) is 10.1. The van der Waals surface area contributed by atoms with Crippen molar-refractivity contribution in [2.24, 2.45) is 0 Å². The molecule has 0 bridgehead atoms. The smallest absolute Gasteiger partial charge is 0.233 e. The van der Waals surface area contributed by atoms with Crippen LogP contribution in [0.3, 0.4) is 0 Å². The number of carbonyl (C=O) groups excluding carboxylic acids is 1. The Kier molecular flexibility index (Phi) is 5.54. The van der Waals surface area contributed by atoms with Gasteiger partial charge in [-0.05, 0) is 32.0 Å². The summed E-state index contributed by atoms with van der Waals surface area (Å²) >= 11 is 13.2. The van der Waals surface area contributed by atoms with E-state index in [0.717, 1.165) is 4.90 Å². The van der Waals surface area contributed by atoms with E-state index in [1.54, 1.807) is 39.1 Å². The fourth-order valence-electron chi connectivity index (χ4n) is 1.21. The van der Waals surface area contributed by atoms with Crippen LogP contribution in [0.2, 0.25) is 10.0 Å². The van der Waals surface area contributed by atoms with Crippen LogP contribution in [0.1, 0.15) is 13.8 Å². The summed E-state index contributed by atoms with van der Waals surface area (Å²) in [4.78, 5) is 14.2. The topological polar surface area (TPSA) is 44.1 Å². The number of thioether (sulfide) groups is 1. The predicted molar refractivity (Wildman–Crippen MR) is 79.6 cm³/mol. The minimum atomic E-state index is -0.824. The Morgan fingerprint density at radius 1 is 1.47 bits per heavy atom. The van der Waals surface area contributed by atoms with Gasteiger partial charge in [0.25, 0.3) is 0 Å². The molecule has 3 nitrogen and oxygen atoms in total. The van der Waals surface area contributed by atoms with Gasteiger partial charge in [-0.25, -0.2) is 0 Å². The van der Waals surface area contributed by atoms with E-state index in [2.05, 4.69) is 6.07 Å². The van der Waals surface area contributed by atoms with Gasteiger partial charge in [0.1, 0.15) is 5.54 Å². The number of benzene rings is 1. The third-order valence-electron chi connectivity index (χ3n) is 2.73. The second-order valence-corrected chi connectivity index (χ2v) is 6.35. The second-order valence-electron chi connectivity index (χ2n) is 4.49. The highest BCUT2D eigenvalue weighted by atomic mass is 35.5. The molecule has 0 aromatic heterocycles. The molecule has 0 heterocycles. The summed E-state index contributed by atoms with van der Waals surface area (Å²) in [5.74, 6) is 0.0781. The molecule has 6 heteroatoms. The van der Waals surface area contributed by atoms with E-state index < -0.39 is 5.54 Å². The molecule has 0 radical (unpaired) electrons. The first-order valence-electron chi connectivity index (χ1n) is 5.53. The first-order chi connectivity index (χ1) is 8.77. The predicted octanol–water partition coefficient (Wildman–Crippen LogP) is 3.85. The molecule has 1 aromatic rings. The van der Waals surface area contributed by atoms with Gasteiger partial charge in [0, 0.05) is 17.0 Å². The molecule has 1 rings (SSSR count). The first kappa shape index (κ1) is 16.2. The molecular formula is C13H14Cl2N2OS. The van der Waals surface area contributed by atoms with Crippen molar-refractivity contribution in [3.05, 3.63) is 28.2 Å². The first-order valence-corrected chi connectivity index (χ1v) is 7.28. The van der Waals surface area contributed by atoms with Crippen molar-refractivity contribution in [2.75, 3.05) is 12.8 Å². The van der Waals surface area contributed by atoms with Gasteiger partial charge in [0.15, 0.2) is 0 Å². The zero-order chi connectivity index (χ0) is 14.6. The number of amides is 1. The Hall–Kier alpha value is -0.890. The van der Waals surface area contributed by atoms with Crippen LogP contribution in [0, 0.1) is 11.3 Å². The van der Waals surface area contributed by atoms with Crippen molar-refractivity contribution in [2.45, 2.75) is 24.3 Å². The number of nitriles is 1. The molecule has 0 aliphatic carbocycles. The molecule has 1 aromatic carbocycles. The van der Waals surface area contributed by atoms with Crippen LogP contribution in [0.4, 0.5) is 0 Å². The van der Waals surface area contributed by atoms with E-state index in [-0.39, 0.29) is 11.7 Å². The quantitative estimate of drug-likeness (QED) is 0.792. The summed E-state index contributed by atoms with van der Waals surface area (Å²) in [6.07, 6.45) is 0. The van der Waals surface area contributed by atoms with Crippen LogP contribution in [-0.4, -0.2) is 29.1 Å². The van der Waals surface area contributed by atoms with E-state index in [0.29, 0.717) is 10.0 Å². The molecule has 0 fully saturated rings. The Bertz CT molecular complexity index is 526. The molecular weight excluding hydrogens is 303 g/mol. The highest BCUT2D eigenvalue weighted by Gasteiger charge is 2.27. The molecule has 102 valence electrons. The normalized spacial score (nSPS) is 10.9. The Balaban J connectivity index is 2.70. The zero-order valence-corrected chi connectivity index (χ0v) is 13.2. The summed E-state index contributed by atoms with van der Waals surface area (Å²) in [7, 11) is 1.62. The maximum absolute atomic E-state index is 12.0. The lowest BCUT2D eigenvalue weighted by atomic mass is 10.1. The van der Waals surface area contributed by atoms with Gasteiger partial charge in [-0.3, -0.25) is 4.79 Å². The molecule has 0 saturated heterocycles. The van der Waals surface area contributed by atoms with E-state index in [4.69, 9.17) is 28.5 Å². The molecule has 0 N–H and O–H groups in total. The van der Waals surface area contributed by atoms with Crippen LogP contribution in [0.25, 0.3) is 0 Å². The van der Waals surface area contributed by atoms with Gasteiger partial charge in [-0.1, -0.05) is 23.2 Å². The third kappa shape index (κ3) is 4.31. The van der Waals surface area contributed by atoms with Crippen molar-refractivity contribution in [3.8, 4) is 6.07 Å². The second kappa shape index (κ2) is 6.51. The maximum atomic E-state index is 12.0. The molecule has 0 saturated carbocycles. The highest BCUT2D eigenvalue weighted by Crippen LogP contribution is 2.30. The van der Waals surface area contributed by atoms with Gasteiger partial charge < -0.3 is 4.90 Å². The molecule has 0 aliphatic rings. The molecule has 0 aliphatic heterocycles. The Labute approximate surface area is 127 Å². The fourth-order valence-corrected chi connectivity index (χ4v) is 2.62. The molecule has 0 spiro atoms. The highest BCUT2D eigenvalue weighted by molar-refractivity contribution is 8.00. The average molecular weight is 317 g/mol. The maximum Gasteiger partial charge on any atom is 0.233 e. The van der Waals surface area contributed by atoms with Gasteiger partial charge in [0.2, 0.25) is 5.91 Å². The molecule has 0 atom stereocenters. The number of hydrogen-bond acceptors (Lipinski definition) is 3. The average Bonchev–Trinajstić information content (AvgIpc) is 2.38. The number of nitrogens with zero attached hydrogens (tertiary/aromatic N) is 2. The van der Waals surface area contributed by atoms with Crippen LogP contribution in [0.5, 0.6) is 0 Å². The zero-order valence-electron chi connectivity index (χ0n) is 10.9. The van der Waals surface area contributed by atoms with Crippen LogP contribution in [0.15, 0.2) is 23.1 Å². The van der Waals surface area contributed by atoms with E-state index in [9.17, 15) is 4.79 Å². The third-order valence-corrected chi connectivity index (χ3v) is 4.45. The molecule has 0 unspecified atom stereocenters. The van der Waals surface area contributed by atoms with Gasteiger partial charge >= 0.3 is 0 Å². The summed E-state index contributed by atoms with van der Waals surface area (Å²) < 4.78 is 0. The number of carbonyl (C=O) groups is 1. The molecule has 1 amide bonds. The van der Waals surface area contributed by atoms with Crippen molar-refractivity contribution >= 4 is 40.9 Å². The Morgan fingerprint density at radius 3 is 2.68 bits per heavy atom. The largest absolute Gasteiger partial charge is 0.327 e. The van der Waals surface area contributed by atoms with Gasteiger partial charge in [-0.2, -0.15) is 5.26 Å². The lowest BCUT2D eigenvalue weighted by Gasteiger charge is -2.29. The van der Waals surface area contributed by atoms with E-state index in [1.165, 1.54) is 16.7 Å². The lowest BCUT2D eigenvalue weighted by molar-refractivity contribution is -0.130. The number of rotatable bonds is 4. The lowest BCUT2D eigenvalue weighted by Crippen LogP contribution is -2.44. The minimum absolute atomic E-state index is 0.132.